The van der Waals surface area contributed by atoms with Crippen LogP contribution in [0.25, 0.3) is 28.3 Å². The van der Waals surface area contributed by atoms with Gasteiger partial charge in [-0.1, -0.05) is 65.3 Å². The zero-order valence-electron chi connectivity index (χ0n) is 14.9. The van der Waals surface area contributed by atoms with Crippen LogP contribution in [0.2, 0.25) is 5.02 Å². The van der Waals surface area contributed by atoms with E-state index in [0.717, 1.165) is 28.3 Å². The number of nitrogens with zero attached hydrogens (tertiary/aromatic N) is 5. The Morgan fingerprint density at radius 1 is 0.857 bits per heavy atom. The van der Waals surface area contributed by atoms with Crippen molar-refractivity contribution in [1.82, 2.24) is 24.4 Å². The molecule has 0 unspecified atom stereocenters. The van der Waals surface area contributed by atoms with E-state index < -0.39 is 0 Å². The third-order valence-electron chi connectivity index (χ3n) is 4.62. The van der Waals surface area contributed by atoms with E-state index in [1.807, 2.05) is 82.1 Å². The molecule has 136 valence electrons. The summed E-state index contributed by atoms with van der Waals surface area (Å²) in [4.78, 5) is 4.83. The molecule has 5 rings (SSSR count). The van der Waals surface area contributed by atoms with Gasteiger partial charge in [-0.05, 0) is 29.8 Å². The number of halogens is 1. The van der Waals surface area contributed by atoms with Crippen LogP contribution in [0, 0.1) is 0 Å². The molecule has 2 aromatic carbocycles. The molecule has 0 amide bonds. The van der Waals surface area contributed by atoms with Gasteiger partial charge in [-0.3, -0.25) is 4.40 Å². The third kappa shape index (κ3) is 3.06. The number of rotatable bonds is 4. The Morgan fingerprint density at radius 2 is 1.64 bits per heavy atom. The molecule has 6 heteroatoms. The maximum atomic E-state index is 6.06. The smallest absolute Gasteiger partial charge is 0.137 e. The summed E-state index contributed by atoms with van der Waals surface area (Å²) < 4.78 is 3.89. The molecule has 0 radical (unpaired) electrons. The van der Waals surface area contributed by atoms with Gasteiger partial charge < -0.3 is 0 Å². The van der Waals surface area contributed by atoms with Gasteiger partial charge in [0.05, 0.1) is 18.4 Å². The first-order valence-electron chi connectivity index (χ1n) is 8.95. The molecule has 0 bridgehead atoms. The standard InChI is InChI=1S/C22H16ClN5/c23-18-11-9-17(10-12-18)21-22(28-13-5-4-8-20(28)24-21)19-15-27(26-25-19)14-16-6-2-1-3-7-16/h1-13,15H,14H2. The average Bonchev–Trinajstić information content (AvgIpc) is 3.33. The van der Waals surface area contributed by atoms with E-state index in [0.29, 0.717) is 11.6 Å². The van der Waals surface area contributed by atoms with E-state index in [1.165, 1.54) is 5.56 Å². The molecule has 0 saturated carbocycles. The van der Waals surface area contributed by atoms with Crippen molar-refractivity contribution in [1.29, 1.82) is 0 Å². The van der Waals surface area contributed by atoms with Crippen LogP contribution < -0.4 is 0 Å². The van der Waals surface area contributed by atoms with Gasteiger partial charge in [0.25, 0.3) is 0 Å². The molecule has 0 aliphatic carbocycles. The van der Waals surface area contributed by atoms with Crippen molar-refractivity contribution in [3.05, 3.63) is 95.8 Å². The Bertz CT molecular complexity index is 1240. The highest BCUT2D eigenvalue weighted by atomic mass is 35.5. The van der Waals surface area contributed by atoms with Crippen LogP contribution in [0.5, 0.6) is 0 Å². The molecular formula is C22H16ClN5. The lowest BCUT2D eigenvalue weighted by molar-refractivity contribution is 0.650. The summed E-state index contributed by atoms with van der Waals surface area (Å²) in [5.74, 6) is 0. The second kappa shape index (κ2) is 6.94. The van der Waals surface area contributed by atoms with Crippen LogP contribution in [0.4, 0.5) is 0 Å². The number of benzene rings is 2. The van der Waals surface area contributed by atoms with Crippen LogP contribution in [0.3, 0.4) is 0 Å². The highest BCUT2D eigenvalue weighted by Gasteiger charge is 2.18. The van der Waals surface area contributed by atoms with Crippen LogP contribution >= 0.6 is 11.6 Å². The normalized spacial score (nSPS) is 11.2. The van der Waals surface area contributed by atoms with Crippen molar-refractivity contribution < 1.29 is 0 Å². The molecule has 0 aliphatic rings. The summed E-state index contributed by atoms with van der Waals surface area (Å²) >= 11 is 6.06. The molecule has 5 aromatic rings. The topological polar surface area (TPSA) is 48.0 Å². The minimum atomic E-state index is 0.668. The summed E-state index contributed by atoms with van der Waals surface area (Å²) in [5.41, 5.74) is 5.57. The van der Waals surface area contributed by atoms with E-state index in [2.05, 4.69) is 22.4 Å². The lowest BCUT2D eigenvalue weighted by Crippen LogP contribution is -1.99. The zero-order valence-corrected chi connectivity index (χ0v) is 15.7. The summed E-state index contributed by atoms with van der Waals surface area (Å²) in [6.45, 7) is 0.668. The number of fused-ring (bicyclic) bond motifs is 1. The monoisotopic (exact) mass is 385 g/mol. The molecule has 28 heavy (non-hydrogen) atoms. The highest BCUT2D eigenvalue weighted by molar-refractivity contribution is 6.30. The molecule has 0 atom stereocenters. The van der Waals surface area contributed by atoms with Gasteiger partial charge in [-0.15, -0.1) is 5.10 Å². The van der Waals surface area contributed by atoms with Crippen molar-refractivity contribution in [3.8, 4) is 22.6 Å². The maximum Gasteiger partial charge on any atom is 0.137 e. The Morgan fingerprint density at radius 3 is 2.46 bits per heavy atom. The minimum Gasteiger partial charge on any atom is -0.298 e. The summed E-state index contributed by atoms with van der Waals surface area (Å²) in [7, 11) is 0. The summed E-state index contributed by atoms with van der Waals surface area (Å²) in [5, 5.41) is 9.46. The van der Waals surface area contributed by atoms with Gasteiger partial charge in [-0.25, -0.2) is 9.67 Å². The van der Waals surface area contributed by atoms with E-state index in [1.54, 1.807) is 0 Å². The molecule has 0 aliphatic heterocycles. The number of pyridine rings is 1. The number of hydrogen-bond donors (Lipinski definition) is 0. The molecular weight excluding hydrogens is 370 g/mol. The van der Waals surface area contributed by atoms with Crippen LogP contribution in [-0.4, -0.2) is 24.4 Å². The SMILES string of the molecule is Clc1ccc(-c2nc3ccccn3c2-c2cn(Cc3ccccc3)nn2)cc1. The first-order chi connectivity index (χ1) is 13.8. The molecule has 3 aromatic heterocycles. The largest absolute Gasteiger partial charge is 0.298 e. The summed E-state index contributed by atoms with van der Waals surface area (Å²) in [6.07, 6.45) is 3.95. The van der Waals surface area contributed by atoms with Crippen molar-refractivity contribution in [2.45, 2.75) is 6.54 Å². The maximum absolute atomic E-state index is 6.06. The van der Waals surface area contributed by atoms with Gasteiger partial charge in [0.2, 0.25) is 0 Å². The highest BCUT2D eigenvalue weighted by Crippen LogP contribution is 2.32. The number of hydrogen-bond acceptors (Lipinski definition) is 3. The molecule has 5 nitrogen and oxygen atoms in total. The zero-order chi connectivity index (χ0) is 18.9. The second-order valence-corrected chi connectivity index (χ2v) is 6.97. The van der Waals surface area contributed by atoms with Gasteiger partial charge in [-0.2, -0.15) is 0 Å². The minimum absolute atomic E-state index is 0.668. The van der Waals surface area contributed by atoms with E-state index in [9.17, 15) is 0 Å². The third-order valence-corrected chi connectivity index (χ3v) is 4.87. The van der Waals surface area contributed by atoms with Crippen LogP contribution in [-0.2, 0) is 6.54 Å². The van der Waals surface area contributed by atoms with E-state index in [4.69, 9.17) is 16.6 Å². The Hall–Kier alpha value is -3.44. The quantitative estimate of drug-likeness (QED) is 0.439. The fourth-order valence-electron chi connectivity index (χ4n) is 3.30. The predicted molar refractivity (Wildman–Crippen MR) is 110 cm³/mol. The number of imidazole rings is 1. The van der Waals surface area contributed by atoms with Crippen LogP contribution in [0.15, 0.2) is 85.2 Å². The summed E-state index contributed by atoms with van der Waals surface area (Å²) in [6, 6.07) is 23.8. The van der Waals surface area contributed by atoms with Crippen molar-refractivity contribution >= 4 is 17.2 Å². The molecule has 0 spiro atoms. The van der Waals surface area contributed by atoms with Crippen molar-refractivity contribution in [3.63, 3.8) is 0 Å². The van der Waals surface area contributed by atoms with Gasteiger partial charge >= 0.3 is 0 Å². The van der Waals surface area contributed by atoms with Gasteiger partial charge in [0.1, 0.15) is 17.0 Å². The fraction of sp³-hybridized carbons (Fsp3) is 0.0455. The fourth-order valence-corrected chi connectivity index (χ4v) is 3.43. The van der Waals surface area contributed by atoms with Crippen molar-refractivity contribution in [2.24, 2.45) is 0 Å². The van der Waals surface area contributed by atoms with E-state index in [-0.39, 0.29) is 0 Å². The van der Waals surface area contributed by atoms with Crippen molar-refractivity contribution in [2.75, 3.05) is 0 Å². The number of aromatic nitrogens is 5. The molecule has 3 heterocycles. The van der Waals surface area contributed by atoms with E-state index >= 15 is 0 Å². The average molecular weight is 386 g/mol. The Labute approximate surface area is 166 Å². The lowest BCUT2D eigenvalue weighted by atomic mass is 10.1. The Kier molecular flexibility index (Phi) is 4.14. The molecule has 0 saturated heterocycles. The first-order valence-corrected chi connectivity index (χ1v) is 9.33. The second-order valence-electron chi connectivity index (χ2n) is 6.53. The first kappa shape index (κ1) is 16.7. The Balaban J connectivity index is 1.62. The van der Waals surface area contributed by atoms with Gasteiger partial charge in [0, 0.05) is 16.8 Å². The lowest BCUT2D eigenvalue weighted by Gasteiger charge is -2.03. The molecule has 0 fully saturated rings. The van der Waals surface area contributed by atoms with Gasteiger partial charge in [0.15, 0.2) is 0 Å². The van der Waals surface area contributed by atoms with Crippen LogP contribution in [0.1, 0.15) is 5.56 Å². The molecule has 0 N–H and O–H groups in total. The predicted octanol–water partition coefficient (Wildman–Crippen LogP) is 4.96.